The van der Waals surface area contributed by atoms with Crippen molar-refractivity contribution in [2.75, 3.05) is 22.9 Å². The number of hydrogen-bond donors (Lipinski definition) is 4. The average Bonchev–Trinajstić information content (AvgIpc) is 2.31. The van der Waals surface area contributed by atoms with Crippen LogP contribution in [0.1, 0.15) is 0 Å². The lowest BCUT2D eigenvalue weighted by molar-refractivity contribution is 1.40. The predicted molar refractivity (Wildman–Crippen MR) is 96.4 cm³/mol. The third-order valence-electron chi connectivity index (χ3n) is 2.84. The molecule has 0 aliphatic carbocycles. The molecule has 114 valence electrons. The molecule has 1 heterocycles. The molecule has 21 heavy (non-hydrogen) atoms. The van der Waals surface area contributed by atoms with E-state index in [1.165, 1.54) is 0 Å². The Hall–Kier alpha value is -1.89. The first-order valence-corrected chi connectivity index (χ1v) is 5.36. The molecule has 0 unspecified atom stereocenters. The molecule has 0 amide bonds. The van der Waals surface area contributed by atoms with E-state index in [1.807, 2.05) is 0 Å². The Morgan fingerprint density at radius 2 is 0.667 bits per heavy atom. The van der Waals surface area contributed by atoms with Crippen LogP contribution in [0.4, 0.5) is 22.7 Å². The van der Waals surface area contributed by atoms with E-state index in [4.69, 9.17) is 22.9 Å². The molecular weight excluding hydrogens is 335 g/mol. The van der Waals surface area contributed by atoms with Crippen molar-refractivity contribution in [1.82, 2.24) is 9.97 Å². The van der Waals surface area contributed by atoms with Gasteiger partial charge in [-0.25, -0.2) is 9.97 Å². The largest absolute Gasteiger partial charge is 0.397 e. The summed E-state index contributed by atoms with van der Waals surface area (Å²) in [5, 5.41) is 0. The molecule has 0 bridgehead atoms. The zero-order valence-electron chi connectivity index (χ0n) is 10.7. The first-order valence-electron chi connectivity index (χ1n) is 5.36. The molecule has 0 saturated heterocycles. The van der Waals surface area contributed by atoms with Gasteiger partial charge in [0.1, 0.15) is 0 Å². The van der Waals surface area contributed by atoms with E-state index in [9.17, 15) is 0 Å². The Labute approximate surface area is 139 Å². The summed E-state index contributed by atoms with van der Waals surface area (Å²) < 4.78 is 0. The van der Waals surface area contributed by atoms with Crippen molar-refractivity contribution in [3.05, 3.63) is 24.3 Å². The third kappa shape index (κ3) is 3.24. The third-order valence-corrected chi connectivity index (χ3v) is 2.84. The summed E-state index contributed by atoms with van der Waals surface area (Å²) in [6.07, 6.45) is 0. The molecule has 1 aromatic heterocycles. The molecule has 0 aliphatic rings. The highest BCUT2D eigenvalue weighted by atomic mass is 35.5. The zero-order chi connectivity index (χ0) is 12.9. The minimum Gasteiger partial charge on any atom is -0.397 e. The van der Waals surface area contributed by atoms with Crippen LogP contribution in [0, 0.1) is 0 Å². The standard InChI is InChI=1S/C12H12N6.3ClH/c13-5-1-9-10(2-6(5)14)18-12-4-8(16)7(15)3-11(12)17-9;;;/h1-4H,13-16H2;3*1H. The van der Waals surface area contributed by atoms with Crippen LogP contribution in [0.2, 0.25) is 0 Å². The fourth-order valence-corrected chi connectivity index (χ4v) is 1.84. The highest BCUT2D eigenvalue weighted by molar-refractivity contribution is 5.94. The van der Waals surface area contributed by atoms with Crippen molar-refractivity contribution in [3.63, 3.8) is 0 Å². The topological polar surface area (TPSA) is 130 Å². The van der Waals surface area contributed by atoms with Crippen LogP contribution in [-0.4, -0.2) is 9.97 Å². The number of hydrogen-bond acceptors (Lipinski definition) is 6. The Bertz CT molecular complexity index is 664. The molecule has 2 aromatic carbocycles. The SMILES string of the molecule is Cl.Cl.Cl.Nc1cc2nc3cc(N)c(N)cc3nc2cc1N. The molecule has 6 nitrogen and oxygen atoms in total. The number of nitrogen functional groups attached to an aromatic ring is 4. The Morgan fingerprint density at radius 3 is 0.857 bits per heavy atom. The van der Waals surface area contributed by atoms with Gasteiger partial charge in [0, 0.05) is 0 Å². The maximum atomic E-state index is 5.75. The molecule has 0 radical (unpaired) electrons. The molecule has 8 N–H and O–H groups in total. The summed E-state index contributed by atoms with van der Waals surface area (Å²) in [6.45, 7) is 0. The van der Waals surface area contributed by atoms with E-state index < -0.39 is 0 Å². The number of nitrogens with two attached hydrogens (primary N) is 4. The summed E-state index contributed by atoms with van der Waals surface area (Å²) >= 11 is 0. The maximum absolute atomic E-state index is 5.75. The lowest BCUT2D eigenvalue weighted by Crippen LogP contribution is -1.98. The van der Waals surface area contributed by atoms with E-state index >= 15 is 0 Å². The van der Waals surface area contributed by atoms with Gasteiger partial charge in [-0.15, -0.1) is 37.2 Å². The van der Waals surface area contributed by atoms with Gasteiger partial charge in [0.05, 0.1) is 44.8 Å². The Balaban J connectivity index is 0.00000133. The number of anilines is 4. The average molecular weight is 350 g/mol. The molecule has 3 rings (SSSR count). The van der Waals surface area contributed by atoms with Gasteiger partial charge in [0.25, 0.3) is 0 Å². The normalized spacial score (nSPS) is 9.52. The van der Waals surface area contributed by atoms with E-state index in [1.54, 1.807) is 24.3 Å². The molecular formula is C12H15Cl3N6. The second-order valence-electron chi connectivity index (χ2n) is 4.16. The molecule has 0 fully saturated rings. The smallest absolute Gasteiger partial charge is 0.0916 e. The molecule has 9 heteroatoms. The van der Waals surface area contributed by atoms with E-state index in [-0.39, 0.29) is 37.2 Å². The fraction of sp³-hybridized carbons (Fsp3) is 0. The first-order chi connectivity index (χ1) is 8.54. The summed E-state index contributed by atoms with van der Waals surface area (Å²) in [7, 11) is 0. The second-order valence-corrected chi connectivity index (χ2v) is 4.16. The van der Waals surface area contributed by atoms with E-state index in [2.05, 4.69) is 9.97 Å². The van der Waals surface area contributed by atoms with Crippen molar-refractivity contribution >= 4 is 82.0 Å². The molecule has 0 atom stereocenters. The lowest BCUT2D eigenvalue weighted by Gasteiger charge is -2.06. The van der Waals surface area contributed by atoms with Gasteiger partial charge in [-0.05, 0) is 24.3 Å². The van der Waals surface area contributed by atoms with Crippen LogP contribution >= 0.6 is 37.2 Å². The molecule has 0 saturated carbocycles. The van der Waals surface area contributed by atoms with Gasteiger partial charge in [-0.2, -0.15) is 0 Å². The molecule has 3 aromatic rings. The monoisotopic (exact) mass is 348 g/mol. The van der Waals surface area contributed by atoms with Crippen LogP contribution in [-0.2, 0) is 0 Å². The highest BCUT2D eigenvalue weighted by Crippen LogP contribution is 2.26. The Kier molecular flexibility index (Phi) is 6.11. The van der Waals surface area contributed by atoms with Crippen molar-refractivity contribution in [1.29, 1.82) is 0 Å². The van der Waals surface area contributed by atoms with Crippen molar-refractivity contribution in [3.8, 4) is 0 Å². The first kappa shape index (κ1) is 19.1. The zero-order valence-corrected chi connectivity index (χ0v) is 13.2. The number of fused-ring (bicyclic) bond motifs is 2. The lowest BCUT2D eigenvalue weighted by atomic mass is 10.2. The predicted octanol–water partition coefficient (Wildman–Crippen LogP) is 2.38. The van der Waals surface area contributed by atoms with Gasteiger partial charge in [0.15, 0.2) is 0 Å². The van der Waals surface area contributed by atoms with Crippen LogP contribution in [0.3, 0.4) is 0 Å². The van der Waals surface area contributed by atoms with Crippen LogP contribution < -0.4 is 22.9 Å². The number of nitrogens with zero attached hydrogens (tertiary/aromatic N) is 2. The molecule has 0 aliphatic heterocycles. The summed E-state index contributed by atoms with van der Waals surface area (Å²) in [5.74, 6) is 0. The molecule has 0 spiro atoms. The summed E-state index contributed by atoms with van der Waals surface area (Å²) in [6, 6.07) is 6.79. The number of benzene rings is 2. The van der Waals surface area contributed by atoms with Gasteiger partial charge in [0.2, 0.25) is 0 Å². The van der Waals surface area contributed by atoms with Gasteiger partial charge >= 0.3 is 0 Å². The van der Waals surface area contributed by atoms with E-state index in [0.717, 1.165) is 0 Å². The van der Waals surface area contributed by atoms with Gasteiger partial charge in [-0.1, -0.05) is 0 Å². The van der Waals surface area contributed by atoms with Crippen molar-refractivity contribution in [2.24, 2.45) is 0 Å². The Morgan fingerprint density at radius 1 is 0.476 bits per heavy atom. The minimum absolute atomic E-state index is 0. The maximum Gasteiger partial charge on any atom is 0.0916 e. The van der Waals surface area contributed by atoms with Gasteiger partial charge in [-0.3, -0.25) is 0 Å². The number of rotatable bonds is 0. The van der Waals surface area contributed by atoms with E-state index in [0.29, 0.717) is 44.8 Å². The van der Waals surface area contributed by atoms with Crippen LogP contribution in [0.25, 0.3) is 22.1 Å². The minimum atomic E-state index is 0. The second kappa shape index (κ2) is 6.71. The quantitative estimate of drug-likeness (QED) is 0.364. The summed E-state index contributed by atoms with van der Waals surface area (Å²) in [4.78, 5) is 8.90. The highest BCUT2D eigenvalue weighted by Gasteiger charge is 2.06. The van der Waals surface area contributed by atoms with Crippen molar-refractivity contribution < 1.29 is 0 Å². The van der Waals surface area contributed by atoms with Crippen LogP contribution in [0.15, 0.2) is 24.3 Å². The summed E-state index contributed by atoms with van der Waals surface area (Å²) in [5.41, 5.74) is 27.6. The number of halogens is 3. The fourth-order valence-electron chi connectivity index (χ4n) is 1.84. The van der Waals surface area contributed by atoms with Gasteiger partial charge < -0.3 is 22.9 Å². The van der Waals surface area contributed by atoms with Crippen LogP contribution in [0.5, 0.6) is 0 Å². The van der Waals surface area contributed by atoms with Crippen molar-refractivity contribution in [2.45, 2.75) is 0 Å². The number of aromatic nitrogens is 2.